The summed E-state index contributed by atoms with van der Waals surface area (Å²) in [6.07, 6.45) is 1.61. The monoisotopic (exact) mass is 531 g/mol. The summed E-state index contributed by atoms with van der Waals surface area (Å²) in [5, 5.41) is 7.35. The molecular weight excluding hydrogens is 501 g/mol. The highest BCUT2D eigenvalue weighted by Crippen LogP contribution is 2.08. The normalized spacial score (nSPS) is 16.3. The van der Waals surface area contributed by atoms with E-state index in [4.69, 9.17) is 9.52 Å². The van der Waals surface area contributed by atoms with E-state index in [0.29, 0.717) is 18.1 Å². The maximum absolute atomic E-state index is 12.3. The second kappa shape index (κ2) is 13.0. The Kier molecular flexibility index (Phi) is 10.6. The maximum Gasteiger partial charge on any atom is 0.194 e. The Morgan fingerprint density at radius 3 is 2.62 bits per heavy atom. The average molecular weight is 531 g/mol. The van der Waals surface area contributed by atoms with Crippen LogP contribution in [0.5, 0.6) is 0 Å². The van der Waals surface area contributed by atoms with Crippen molar-refractivity contribution < 1.29 is 8.73 Å². The minimum Gasteiger partial charge on any atom is -0.364 e. The van der Waals surface area contributed by atoms with Crippen LogP contribution in [0, 0.1) is 0 Å². The molecule has 0 amide bonds. The van der Waals surface area contributed by atoms with E-state index in [9.17, 15) is 4.21 Å². The molecule has 1 aliphatic heterocycles. The van der Waals surface area contributed by atoms with Gasteiger partial charge in [-0.2, -0.15) is 0 Å². The van der Waals surface area contributed by atoms with Gasteiger partial charge in [-0.1, -0.05) is 35.5 Å². The largest absolute Gasteiger partial charge is 0.364 e. The molecule has 1 saturated heterocycles. The van der Waals surface area contributed by atoms with Gasteiger partial charge in [-0.05, 0) is 12.5 Å². The fraction of sp³-hybridized carbons (Fsp3) is 0.500. The van der Waals surface area contributed by atoms with Crippen molar-refractivity contribution in [1.29, 1.82) is 0 Å². The van der Waals surface area contributed by atoms with Crippen molar-refractivity contribution in [1.82, 2.24) is 20.3 Å². The van der Waals surface area contributed by atoms with Crippen LogP contribution in [-0.2, 0) is 23.1 Å². The third kappa shape index (κ3) is 8.06. The van der Waals surface area contributed by atoms with Crippen LogP contribution in [-0.4, -0.2) is 70.1 Å². The van der Waals surface area contributed by atoms with Gasteiger partial charge >= 0.3 is 0 Å². The lowest BCUT2D eigenvalue weighted by Crippen LogP contribution is -2.52. The minimum absolute atomic E-state index is 0. The Bertz CT molecular complexity index is 749. The molecule has 0 saturated carbocycles. The third-order valence-corrected chi connectivity index (χ3v) is 5.93. The van der Waals surface area contributed by atoms with Gasteiger partial charge < -0.3 is 14.7 Å². The first-order valence-electron chi connectivity index (χ1n) is 9.78. The molecule has 3 rings (SSSR count). The van der Waals surface area contributed by atoms with Gasteiger partial charge in [-0.15, -0.1) is 24.0 Å². The van der Waals surface area contributed by atoms with Gasteiger partial charge in [0.25, 0.3) is 0 Å². The van der Waals surface area contributed by atoms with Crippen molar-refractivity contribution in [3.8, 4) is 0 Å². The highest BCUT2D eigenvalue weighted by Gasteiger charge is 2.20. The number of aromatic nitrogens is 1. The summed E-state index contributed by atoms with van der Waals surface area (Å²) in [6, 6.07) is 11.9. The molecule has 1 aromatic heterocycles. The summed E-state index contributed by atoms with van der Waals surface area (Å²) >= 11 is 0. The molecule has 0 aliphatic carbocycles. The zero-order valence-electron chi connectivity index (χ0n) is 16.8. The molecule has 2 heterocycles. The van der Waals surface area contributed by atoms with Gasteiger partial charge in [-0.25, -0.2) is 0 Å². The number of nitrogens with zero attached hydrogens (tertiary/aromatic N) is 4. The molecule has 160 valence electrons. The van der Waals surface area contributed by atoms with Gasteiger partial charge in [0.1, 0.15) is 6.26 Å². The van der Waals surface area contributed by atoms with Gasteiger partial charge in [0.2, 0.25) is 0 Å². The average Bonchev–Trinajstić information content (AvgIpc) is 3.22. The lowest BCUT2D eigenvalue weighted by Gasteiger charge is -2.36. The predicted octanol–water partition coefficient (Wildman–Crippen LogP) is 2.32. The molecule has 1 aromatic carbocycles. The summed E-state index contributed by atoms with van der Waals surface area (Å²) < 4.78 is 17.2. The summed E-state index contributed by atoms with van der Waals surface area (Å²) in [7, 11) is -0.898. The first kappa shape index (κ1) is 23.8. The van der Waals surface area contributed by atoms with Gasteiger partial charge in [0.05, 0.1) is 12.2 Å². The topological polar surface area (TPSA) is 74.0 Å². The third-order valence-electron chi connectivity index (χ3n) is 4.63. The Morgan fingerprint density at radius 1 is 1.21 bits per heavy atom. The molecule has 29 heavy (non-hydrogen) atoms. The maximum atomic E-state index is 12.3. The molecule has 1 unspecified atom stereocenters. The molecule has 1 atom stereocenters. The molecule has 7 nitrogen and oxygen atoms in total. The van der Waals surface area contributed by atoms with E-state index < -0.39 is 10.8 Å². The molecule has 2 aromatic rings. The molecule has 1 N–H and O–H groups in total. The van der Waals surface area contributed by atoms with E-state index in [1.165, 1.54) is 0 Å². The quantitative estimate of drug-likeness (QED) is 0.320. The van der Waals surface area contributed by atoms with E-state index in [2.05, 4.69) is 27.2 Å². The fourth-order valence-corrected chi connectivity index (χ4v) is 4.18. The van der Waals surface area contributed by atoms with Crippen LogP contribution in [0.15, 0.2) is 52.2 Å². The van der Waals surface area contributed by atoms with Crippen LogP contribution < -0.4 is 5.32 Å². The SMILES string of the molecule is CCNC(=NCCS(=O)Cc1ccccc1)N1CCN(Cc2ccon2)CC1.I. The number of rotatable bonds is 8. The van der Waals surface area contributed by atoms with E-state index in [0.717, 1.165) is 56.5 Å². The summed E-state index contributed by atoms with van der Waals surface area (Å²) in [5.41, 5.74) is 2.08. The van der Waals surface area contributed by atoms with Crippen molar-refractivity contribution >= 4 is 40.7 Å². The Morgan fingerprint density at radius 2 is 1.97 bits per heavy atom. The van der Waals surface area contributed by atoms with Crippen molar-refractivity contribution in [2.24, 2.45) is 4.99 Å². The van der Waals surface area contributed by atoms with E-state index in [1.807, 2.05) is 36.4 Å². The van der Waals surface area contributed by atoms with E-state index >= 15 is 0 Å². The number of nitrogens with one attached hydrogen (secondary N) is 1. The van der Waals surface area contributed by atoms with Crippen LogP contribution in [0.1, 0.15) is 18.2 Å². The molecule has 1 fully saturated rings. The molecule has 0 radical (unpaired) electrons. The second-order valence-electron chi connectivity index (χ2n) is 6.76. The number of halogens is 1. The zero-order valence-corrected chi connectivity index (χ0v) is 20.0. The zero-order chi connectivity index (χ0) is 19.6. The van der Waals surface area contributed by atoms with Crippen LogP contribution >= 0.6 is 24.0 Å². The number of hydrogen-bond donors (Lipinski definition) is 1. The van der Waals surface area contributed by atoms with E-state index in [-0.39, 0.29) is 24.0 Å². The molecule has 0 bridgehead atoms. The molecule has 9 heteroatoms. The van der Waals surface area contributed by atoms with Crippen LogP contribution in [0.25, 0.3) is 0 Å². The number of piperazine rings is 1. The lowest BCUT2D eigenvalue weighted by molar-refractivity contribution is 0.169. The van der Waals surface area contributed by atoms with Crippen molar-refractivity contribution in [3.05, 3.63) is 53.9 Å². The Balaban J connectivity index is 0.00000300. The summed E-state index contributed by atoms with van der Waals surface area (Å²) in [6.45, 7) is 8.02. The highest BCUT2D eigenvalue weighted by atomic mass is 127. The first-order valence-corrected chi connectivity index (χ1v) is 11.3. The lowest BCUT2D eigenvalue weighted by atomic mass is 10.2. The molecule has 0 spiro atoms. The summed E-state index contributed by atoms with van der Waals surface area (Å²) in [5.74, 6) is 2.09. The van der Waals surface area contributed by atoms with Crippen molar-refractivity contribution in [2.75, 3.05) is 45.0 Å². The standard InChI is InChI=1S/C20H29N5O2S.HI/c1-2-21-20(22-9-15-28(26)17-18-6-4-3-5-7-18)25-12-10-24(11-13-25)16-19-8-14-27-23-19;/h3-8,14H,2,9-13,15-17H2,1H3,(H,21,22);1H. The smallest absolute Gasteiger partial charge is 0.194 e. The van der Waals surface area contributed by atoms with Gasteiger partial charge in [0, 0.05) is 67.6 Å². The predicted molar refractivity (Wildman–Crippen MR) is 128 cm³/mol. The van der Waals surface area contributed by atoms with Crippen LogP contribution in [0.2, 0.25) is 0 Å². The van der Waals surface area contributed by atoms with Crippen molar-refractivity contribution in [3.63, 3.8) is 0 Å². The van der Waals surface area contributed by atoms with Gasteiger partial charge in [-0.3, -0.25) is 14.1 Å². The van der Waals surface area contributed by atoms with Crippen LogP contribution in [0.4, 0.5) is 0 Å². The number of benzene rings is 1. The van der Waals surface area contributed by atoms with Crippen molar-refractivity contribution in [2.45, 2.75) is 19.2 Å². The molecular formula is C20H30IN5O2S. The number of aliphatic imine (C=N–C) groups is 1. The Labute approximate surface area is 192 Å². The first-order chi connectivity index (χ1) is 13.7. The van der Waals surface area contributed by atoms with Gasteiger partial charge in [0.15, 0.2) is 5.96 Å². The van der Waals surface area contributed by atoms with E-state index in [1.54, 1.807) is 6.26 Å². The highest BCUT2D eigenvalue weighted by molar-refractivity contribution is 14.0. The molecule has 1 aliphatic rings. The fourth-order valence-electron chi connectivity index (χ4n) is 3.18. The second-order valence-corrected chi connectivity index (χ2v) is 8.34. The number of hydrogen-bond acceptors (Lipinski definition) is 5. The minimum atomic E-state index is -0.898. The Hall–Kier alpha value is -1.46. The summed E-state index contributed by atoms with van der Waals surface area (Å²) in [4.78, 5) is 9.36. The van der Waals surface area contributed by atoms with Crippen LogP contribution in [0.3, 0.4) is 0 Å². The number of guanidine groups is 1.